The standard InChI is InChI=1S/C24H18ClNO3/c1-15-22(24(28)29-2)20(14-16-7-5-10-18(25)13-16)23(27)26(15)21-12-6-9-17-8-3-4-11-19(17)21/h3-14H,1-2H3/b20-14-. The highest BCUT2D eigenvalue weighted by Gasteiger charge is 2.38. The SMILES string of the molecule is COC(=O)C1=C(C)N(c2cccc3ccccc23)C(=O)/C1=C\c1cccc(Cl)c1. The lowest BCUT2D eigenvalue weighted by atomic mass is 10.0. The van der Waals surface area contributed by atoms with Crippen molar-refractivity contribution in [3.8, 4) is 0 Å². The van der Waals surface area contributed by atoms with Gasteiger partial charge in [-0.3, -0.25) is 9.69 Å². The fourth-order valence-corrected chi connectivity index (χ4v) is 3.84. The lowest BCUT2D eigenvalue weighted by Crippen LogP contribution is -2.24. The third-order valence-electron chi connectivity index (χ3n) is 4.96. The Hall–Kier alpha value is -3.37. The normalized spacial score (nSPS) is 15.5. The first-order chi connectivity index (χ1) is 14.0. The molecule has 1 aliphatic rings. The second-order valence-electron chi connectivity index (χ2n) is 6.70. The molecule has 0 saturated heterocycles. The van der Waals surface area contributed by atoms with Gasteiger partial charge in [-0.2, -0.15) is 0 Å². The molecule has 0 unspecified atom stereocenters. The van der Waals surface area contributed by atoms with E-state index in [0.717, 1.165) is 22.0 Å². The molecule has 0 fully saturated rings. The molecule has 0 saturated carbocycles. The maximum absolute atomic E-state index is 13.5. The van der Waals surface area contributed by atoms with Gasteiger partial charge in [0, 0.05) is 16.1 Å². The summed E-state index contributed by atoms with van der Waals surface area (Å²) in [6.45, 7) is 1.75. The Balaban J connectivity index is 1.92. The molecule has 1 amide bonds. The fourth-order valence-electron chi connectivity index (χ4n) is 3.64. The number of hydrogen-bond acceptors (Lipinski definition) is 3. The summed E-state index contributed by atoms with van der Waals surface area (Å²) in [5, 5.41) is 2.49. The molecule has 0 radical (unpaired) electrons. The summed E-state index contributed by atoms with van der Waals surface area (Å²) < 4.78 is 4.97. The Morgan fingerprint density at radius 2 is 1.76 bits per heavy atom. The summed E-state index contributed by atoms with van der Waals surface area (Å²) in [6.07, 6.45) is 1.68. The van der Waals surface area contributed by atoms with Gasteiger partial charge in [-0.25, -0.2) is 4.79 Å². The first kappa shape index (κ1) is 19.0. The van der Waals surface area contributed by atoms with E-state index in [1.54, 1.807) is 36.1 Å². The Morgan fingerprint density at radius 1 is 1.03 bits per heavy atom. The molecule has 0 spiro atoms. The Morgan fingerprint density at radius 3 is 2.52 bits per heavy atom. The predicted octanol–water partition coefficient (Wildman–Crippen LogP) is 5.37. The van der Waals surface area contributed by atoms with Gasteiger partial charge in [-0.1, -0.05) is 60.1 Å². The first-order valence-electron chi connectivity index (χ1n) is 9.10. The lowest BCUT2D eigenvalue weighted by molar-refractivity contribution is -0.136. The van der Waals surface area contributed by atoms with Crippen LogP contribution in [0.5, 0.6) is 0 Å². The van der Waals surface area contributed by atoms with Crippen LogP contribution in [0.15, 0.2) is 83.6 Å². The Bertz CT molecular complexity index is 1200. The minimum atomic E-state index is -0.549. The zero-order valence-electron chi connectivity index (χ0n) is 16.0. The zero-order valence-corrected chi connectivity index (χ0v) is 16.7. The summed E-state index contributed by atoms with van der Waals surface area (Å²) in [6, 6.07) is 20.7. The third-order valence-corrected chi connectivity index (χ3v) is 5.19. The zero-order chi connectivity index (χ0) is 20.5. The van der Waals surface area contributed by atoms with Crippen molar-refractivity contribution in [2.75, 3.05) is 12.0 Å². The predicted molar refractivity (Wildman–Crippen MR) is 116 cm³/mol. The maximum Gasteiger partial charge on any atom is 0.340 e. The number of nitrogens with zero attached hydrogens (tertiary/aromatic N) is 1. The number of benzene rings is 3. The molecule has 4 rings (SSSR count). The van der Waals surface area contributed by atoms with Crippen molar-refractivity contribution in [1.29, 1.82) is 0 Å². The largest absolute Gasteiger partial charge is 0.465 e. The Kier molecular flexibility index (Phi) is 4.95. The highest BCUT2D eigenvalue weighted by Crippen LogP contribution is 2.38. The van der Waals surface area contributed by atoms with E-state index in [2.05, 4.69) is 0 Å². The van der Waals surface area contributed by atoms with Crippen LogP contribution in [-0.2, 0) is 14.3 Å². The molecule has 0 atom stereocenters. The second kappa shape index (κ2) is 7.57. The van der Waals surface area contributed by atoms with Crippen molar-refractivity contribution in [2.24, 2.45) is 0 Å². The summed E-state index contributed by atoms with van der Waals surface area (Å²) in [4.78, 5) is 27.6. The molecule has 0 bridgehead atoms. The van der Waals surface area contributed by atoms with E-state index in [1.807, 2.05) is 48.5 Å². The number of carbonyl (C=O) groups excluding carboxylic acids is 2. The van der Waals surface area contributed by atoms with E-state index in [0.29, 0.717) is 10.7 Å². The molecule has 4 nitrogen and oxygen atoms in total. The van der Waals surface area contributed by atoms with E-state index < -0.39 is 5.97 Å². The van der Waals surface area contributed by atoms with Crippen LogP contribution in [0.25, 0.3) is 16.8 Å². The minimum Gasteiger partial charge on any atom is -0.465 e. The van der Waals surface area contributed by atoms with Gasteiger partial charge in [0.15, 0.2) is 0 Å². The van der Waals surface area contributed by atoms with E-state index in [4.69, 9.17) is 16.3 Å². The monoisotopic (exact) mass is 403 g/mol. The number of amides is 1. The highest BCUT2D eigenvalue weighted by atomic mass is 35.5. The molecule has 3 aromatic rings. The topological polar surface area (TPSA) is 46.6 Å². The molecule has 1 heterocycles. The Labute approximate surface area is 173 Å². The van der Waals surface area contributed by atoms with Crippen LogP contribution >= 0.6 is 11.6 Å². The van der Waals surface area contributed by atoms with E-state index >= 15 is 0 Å². The van der Waals surface area contributed by atoms with Crippen LogP contribution in [0.3, 0.4) is 0 Å². The van der Waals surface area contributed by atoms with Crippen molar-refractivity contribution in [3.05, 3.63) is 94.2 Å². The first-order valence-corrected chi connectivity index (χ1v) is 9.48. The van der Waals surface area contributed by atoms with Crippen molar-refractivity contribution in [2.45, 2.75) is 6.92 Å². The average Bonchev–Trinajstić information content (AvgIpc) is 2.96. The number of fused-ring (bicyclic) bond motifs is 1. The fraction of sp³-hybridized carbons (Fsp3) is 0.0833. The lowest BCUT2D eigenvalue weighted by Gasteiger charge is -2.20. The maximum atomic E-state index is 13.5. The number of halogens is 1. The number of allylic oxidation sites excluding steroid dienone is 1. The van der Waals surface area contributed by atoms with Gasteiger partial charge in [0.1, 0.15) is 0 Å². The number of rotatable bonds is 3. The summed E-state index contributed by atoms with van der Waals surface area (Å²) in [5.74, 6) is -0.828. The van der Waals surface area contributed by atoms with Gasteiger partial charge in [0.25, 0.3) is 5.91 Å². The van der Waals surface area contributed by atoms with Gasteiger partial charge >= 0.3 is 5.97 Å². The van der Waals surface area contributed by atoms with Gasteiger partial charge < -0.3 is 4.74 Å². The summed E-state index contributed by atoms with van der Waals surface area (Å²) >= 11 is 6.08. The summed E-state index contributed by atoms with van der Waals surface area (Å²) in [5.41, 5.74) is 2.53. The number of carbonyl (C=O) groups is 2. The van der Waals surface area contributed by atoms with Crippen LogP contribution < -0.4 is 4.90 Å². The molecule has 0 N–H and O–H groups in total. The number of esters is 1. The molecular weight excluding hydrogens is 386 g/mol. The highest BCUT2D eigenvalue weighted by molar-refractivity contribution is 6.31. The third kappa shape index (κ3) is 3.32. The molecular formula is C24H18ClNO3. The molecule has 29 heavy (non-hydrogen) atoms. The molecule has 5 heteroatoms. The smallest absolute Gasteiger partial charge is 0.340 e. The molecule has 3 aromatic carbocycles. The van der Waals surface area contributed by atoms with Crippen LogP contribution in [0, 0.1) is 0 Å². The molecule has 0 aromatic heterocycles. The van der Waals surface area contributed by atoms with E-state index in [1.165, 1.54) is 7.11 Å². The van der Waals surface area contributed by atoms with E-state index in [-0.39, 0.29) is 17.1 Å². The van der Waals surface area contributed by atoms with Crippen LogP contribution in [-0.4, -0.2) is 19.0 Å². The second-order valence-corrected chi connectivity index (χ2v) is 7.14. The van der Waals surface area contributed by atoms with Crippen LogP contribution in [0.1, 0.15) is 12.5 Å². The van der Waals surface area contributed by atoms with Crippen molar-refractivity contribution < 1.29 is 14.3 Å². The van der Waals surface area contributed by atoms with E-state index in [9.17, 15) is 9.59 Å². The van der Waals surface area contributed by atoms with Crippen LogP contribution in [0.2, 0.25) is 5.02 Å². The molecule has 144 valence electrons. The molecule has 1 aliphatic heterocycles. The van der Waals surface area contributed by atoms with Gasteiger partial charge in [-0.05, 0) is 42.1 Å². The summed E-state index contributed by atoms with van der Waals surface area (Å²) in [7, 11) is 1.31. The minimum absolute atomic E-state index is 0.255. The van der Waals surface area contributed by atoms with Gasteiger partial charge in [-0.15, -0.1) is 0 Å². The number of ether oxygens (including phenoxy) is 1. The quantitative estimate of drug-likeness (QED) is 0.436. The van der Waals surface area contributed by atoms with Crippen molar-refractivity contribution >= 4 is 46.0 Å². The van der Waals surface area contributed by atoms with Crippen LogP contribution in [0.4, 0.5) is 5.69 Å². The number of methoxy groups -OCH3 is 1. The number of hydrogen-bond donors (Lipinski definition) is 0. The van der Waals surface area contributed by atoms with Crippen molar-refractivity contribution in [1.82, 2.24) is 0 Å². The average molecular weight is 404 g/mol. The number of anilines is 1. The van der Waals surface area contributed by atoms with Gasteiger partial charge in [0.2, 0.25) is 0 Å². The van der Waals surface area contributed by atoms with Gasteiger partial charge in [0.05, 0.1) is 23.9 Å². The molecule has 0 aliphatic carbocycles. The van der Waals surface area contributed by atoms with Crippen molar-refractivity contribution in [3.63, 3.8) is 0 Å².